The first kappa shape index (κ1) is 13.9. The number of nitrogens with one attached hydrogen (secondary N) is 2. The first-order valence-corrected chi connectivity index (χ1v) is 6.50. The molecule has 9 heteroatoms. The molecule has 0 amide bonds. The summed E-state index contributed by atoms with van der Waals surface area (Å²) >= 11 is 4.70. The molecule has 3 rings (SSSR count). The monoisotopic (exact) mass is 316 g/mol. The highest BCUT2D eigenvalue weighted by molar-refractivity contribution is 7.71. The Kier molecular flexibility index (Phi) is 3.39. The third-order valence-corrected chi connectivity index (χ3v) is 3.07. The van der Waals surface area contributed by atoms with Crippen LogP contribution in [0.4, 0.5) is 5.69 Å². The van der Waals surface area contributed by atoms with Gasteiger partial charge in [-0.2, -0.15) is 0 Å². The number of aromatic nitrogens is 2. The Balaban J connectivity index is 2.14. The second-order valence-electron chi connectivity index (χ2n) is 4.29. The minimum atomic E-state index is -0.773. The van der Waals surface area contributed by atoms with Crippen LogP contribution in [0, 0.1) is 4.77 Å². The minimum absolute atomic E-state index is 0.0562. The maximum Gasteiger partial charge on any atom is 0.437 e. The zero-order valence-electron chi connectivity index (χ0n) is 10.9. The summed E-state index contributed by atoms with van der Waals surface area (Å²) in [5.41, 5.74) is -0.473. The zero-order valence-corrected chi connectivity index (χ0v) is 11.7. The van der Waals surface area contributed by atoms with Gasteiger partial charge < -0.3 is 10.1 Å². The zero-order chi connectivity index (χ0) is 15.7. The first-order chi connectivity index (χ1) is 10.6. The Labute approximate surface area is 128 Å². The lowest BCUT2D eigenvalue weighted by atomic mass is 10.2. The van der Waals surface area contributed by atoms with Crippen LogP contribution in [-0.2, 0) is 9.63 Å². The van der Waals surface area contributed by atoms with Crippen molar-refractivity contribution < 1.29 is 19.4 Å². The van der Waals surface area contributed by atoms with Gasteiger partial charge in [0.15, 0.2) is 4.77 Å². The molecular weight excluding hydrogens is 308 g/mol. The molecule has 0 unspecified atom stereocenters. The molecule has 1 aromatic heterocycles. The van der Waals surface area contributed by atoms with Crippen LogP contribution in [0.25, 0.3) is 6.08 Å². The van der Waals surface area contributed by atoms with Gasteiger partial charge in [-0.1, -0.05) is 18.2 Å². The van der Waals surface area contributed by atoms with E-state index in [9.17, 15) is 14.7 Å². The highest BCUT2D eigenvalue weighted by atomic mass is 32.1. The Bertz CT molecular complexity index is 927. The van der Waals surface area contributed by atoms with E-state index in [1.54, 1.807) is 30.3 Å². The molecule has 1 aliphatic heterocycles. The van der Waals surface area contributed by atoms with Crippen molar-refractivity contribution in [3.63, 3.8) is 0 Å². The van der Waals surface area contributed by atoms with Crippen molar-refractivity contribution in [3.8, 4) is 5.88 Å². The Morgan fingerprint density at radius 1 is 1.23 bits per heavy atom. The van der Waals surface area contributed by atoms with Gasteiger partial charge in [0.25, 0.3) is 5.56 Å². The molecule has 0 spiro atoms. The van der Waals surface area contributed by atoms with Crippen LogP contribution >= 0.6 is 12.2 Å². The second kappa shape index (κ2) is 5.37. The first-order valence-electron chi connectivity index (χ1n) is 6.09. The maximum atomic E-state index is 11.8. The molecule has 1 aromatic carbocycles. The SMILES string of the molecule is O=C1ON=[N+](c2ccccc2)/C1=C/c1c([O-])[nH]c(=S)[nH]c1=O. The van der Waals surface area contributed by atoms with Crippen LogP contribution in [0.15, 0.2) is 46.1 Å². The standard InChI is InChI=1S/C13H8N4O4S/c18-10-8(11(19)15-13(22)14-10)6-9-12(20)21-16-17(9)7-4-2-1-3-5-7/h1-6H,(H2-,14,15,16,18,19,20,22). The van der Waals surface area contributed by atoms with Crippen LogP contribution in [0.1, 0.15) is 5.56 Å². The number of aromatic amines is 2. The Morgan fingerprint density at radius 3 is 2.64 bits per heavy atom. The summed E-state index contributed by atoms with van der Waals surface area (Å²) in [7, 11) is 0. The van der Waals surface area contributed by atoms with Gasteiger partial charge >= 0.3 is 11.7 Å². The Hall–Kier alpha value is -3.07. The molecule has 0 saturated carbocycles. The molecule has 8 nitrogen and oxygen atoms in total. The fourth-order valence-corrected chi connectivity index (χ4v) is 2.06. The molecule has 2 heterocycles. The molecule has 0 fully saturated rings. The predicted octanol–water partition coefficient (Wildman–Crippen LogP) is 1.12. The van der Waals surface area contributed by atoms with Crippen molar-refractivity contribution in [1.29, 1.82) is 0 Å². The highest BCUT2D eigenvalue weighted by Crippen LogP contribution is 2.24. The fourth-order valence-electron chi connectivity index (χ4n) is 1.87. The molecule has 0 bridgehead atoms. The summed E-state index contributed by atoms with van der Waals surface area (Å²) in [4.78, 5) is 32.8. The fraction of sp³-hybridized carbons (Fsp3) is 0. The van der Waals surface area contributed by atoms with Gasteiger partial charge in [-0.05, 0) is 22.8 Å². The van der Waals surface area contributed by atoms with Gasteiger partial charge in [0.05, 0.1) is 5.56 Å². The number of hydrogen-bond donors (Lipinski definition) is 2. The predicted molar refractivity (Wildman–Crippen MR) is 74.6 cm³/mol. The van der Waals surface area contributed by atoms with Crippen LogP contribution in [0.2, 0.25) is 0 Å². The lowest BCUT2D eigenvalue weighted by Gasteiger charge is -2.07. The van der Waals surface area contributed by atoms with Gasteiger partial charge in [-0.15, -0.1) is 0 Å². The molecule has 22 heavy (non-hydrogen) atoms. The van der Waals surface area contributed by atoms with Gasteiger partial charge in [0.2, 0.25) is 11.0 Å². The van der Waals surface area contributed by atoms with E-state index in [0.29, 0.717) is 5.69 Å². The van der Waals surface area contributed by atoms with E-state index in [2.05, 4.69) is 20.1 Å². The lowest BCUT2D eigenvalue weighted by Crippen LogP contribution is -2.16. The second-order valence-corrected chi connectivity index (χ2v) is 4.70. The van der Waals surface area contributed by atoms with Crippen LogP contribution in [0.3, 0.4) is 0 Å². The summed E-state index contributed by atoms with van der Waals surface area (Å²) in [5.74, 6) is -1.47. The van der Waals surface area contributed by atoms with E-state index in [1.165, 1.54) is 4.70 Å². The summed E-state index contributed by atoms with van der Waals surface area (Å²) in [6, 6.07) is 8.68. The van der Waals surface area contributed by atoms with E-state index < -0.39 is 17.4 Å². The molecule has 1 aliphatic rings. The van der Waals surface area contributed by atoms with Crippen molar-refractivity contribution in [3.05, 3.63) is 56.7 Å². The number of carbonyl (C=O) groups is 1. The number of rotatable bonds is 2. The van der Waals surface area contributed by atoms with Crippen molar-refractivity contribution in [1.82, 2.24) is 9.97 Å². The highest BCUT2D eigenvalue weighted by Gasteiger charge is 2.36. The molecular formula is C13H8N4O4S. The van der Waals surface area contributed by atoms with E-state index in [4.69, 9.17) is 12.2 Å². The van der Waals surface area contributed by atoms with E-state index in [1.807, 2.05) is 0 Å². The van der Waals surface area contributed by atoms with Gasteiger partial charge in [0, 0.05) is 18.2 Å². The van der Waals surface area contributed by atoms with Gasteiger partial charge in [-0.25, -0.2) is 4.79 Å². The summed E-state index contributed by atoms with van der Waals surface area (Å²) in [5, 5.41) is 15.4. The molecule has 110 valence electrons. The third-order valence-electron chi connectivity index (χ3n) is 2.87. The topological polar surface area (TPSA) is 113 Å². The largest absolute Gasteiger partial charge is 0.860 e. The van der Waals surface area contributed by atoms with Crippen LogP contribution in [-0.4, -0.2) is 20.6 Å². The molecule has 0 aliphatic carbocycles. The average molecular weight is 316 g/mol. The van der Waals surface area contributed by atoms with E-state index >= 15 is 0 Å². The number of carbonyl (C=O) groups excluding carboxylic acids is 1. The Morgan fingerprint density at radius 2 is 1.95 bits per heavy atom. The minimum Gasteiger partial charge on any atom is -0.860 e. The van der Waals surface area contributed by atoms with Gasteiger partial charge in [-0.3, -0.25) is 14.6 Å². The summed E-state index contributed by atoms with van der Waals surface area (Å²) in [6.45, 7) is 0. The van der Waals surface area contributed by atoms with E-state index in [0.717, 1.165) is 6.08 Å². The lowest BCUT2D eigenvalue weighted by molar-refractivity contribution is -0.462. The molecule has 2 aromatic rings. The van der Waals surface area contributed by atoms with Crippen molar-refractivity contribution in [2.75, 3.05) is 0 Å². The van der Waals surface area contributed by atoms with E-state index in [-0.39, 0.29) is 16.0 Å². The quantitative estimate of drug-likeness (QED) is 0.489. The molecule has 0 radical (unpaired) electrons. The normalized spacial score (nSPS) is 15.7. The number of H-pyrrole nitrogens is 2. The number of benzene rings is 1. The summed E-state index contributed by atoms with van der Waals surface area (Å²) < 4.78 is 1.11. The number of hydrogen-bond acceptors (Lipinski definition) is 6. The van der Waals surface area contributed by atoms with Crippen LogP contribution in [0.5, 0.6) is 5.88 Å². The number of nitrogens with zero attached hydrogens (tertiary/aromatic N) is 2. The number of para-hydroxylation sites is 1. The molecule has 0 saturated heterocycles. The maximum absolute atomic E-state index is 11.8. The van der Waals surface area contributed by atoms with Gasteiger partial charge in [0.1, 0.15) is 0 Å². The third kappa shape index (κ3) is 2.44. The summed E-state index contributed by atoms with van der Waals surface area (Å²) in [6.07, 6.45) is 1.11. The molecule has 2 N–H and O–H groups in total. The molecule has 0 atom stereocenters. The van der Waals surface area contributed by atoms with Crippen molar-refractivity contribution in [2.45, 2.75) is 0 Å². The smallest absolute Gasteiger partial charge is 0.437 e. The van der Waals surface area contributed by atoms with Crippen molar-refractivity contribution >= 4 is 30.0 Å². The average Bonchev–Trinajstić information content (AvgIpc) is 2.85. The van der Waals surface area contributed by atoms with Crippen LogP contribution < -0.4 is 10.7 Å². The van der Waals surface area contributed by atoms with Crippen molar-refractivity contribution in [2.24, 2.45) is 5.28 Å².